The topological polar surface area (TPSA) is 65.2 Å². The van der Waals surface area contributed by atoms with Gasteiger partial charge in [-0.25, -0.2) is 4.68 Å². The molecule has 0 unspecified atom stereocenters. The lowest BCUT2D eigenvalue weighted by atomic mass is 10.3. The first-order valence-electron chi connectivity index (χ1n) is 7.88. The first-order chi connectivity index (χ1) is 12.8. The van der Waals surface area contributed by atoms with E-state index in [9.17, 15) is 4.79 Å². The molecule has 10 heteroatoms. The minimum atomic E-state index is -0.191. The molecule has 0 radical (unpaired) electrons. The van der Waals surface area contributed by atoms with Crippen molar-refractivity contribution in [2.45, 2.75) is 13.3 Å². The molecule has 0 fully saturated rings. The van der Waals surface area contributed by atoms with Crippen LogP contribution in [0.4, 0.5) is 0 Å². The van der Waals surface area contributed by atoms with E-state index in [4.69, 9.17) is 16.3 Å². The van der Waals surface area contributed by atoms with E-state index in [0.29, 0.717) is 23.0 Å². The molecule has 0 aliphatic heterocycles. The fraction of sp³-hybridized carbons (Fsp3) is 0.235. The number of aryl methyl sites for hydroxylation is 1. The van der Waals surface area contributed by atoms with Gasteiger partial charge in [0.1, 0.15) is 5.75 Å². The molecule has 0 atom stereocenters. The standard InChI is InChI=1S/C17H16Br2ClN5O2/c1-23(9-15-12(19)8-21-24(15)2)17(26)14-5-6-25(22-14)10-27-16-4-3-11(18)7-13(16)20/h3-8H,9-10H2,1-2H3. The van der Waals surface area contributed by atoms with E-state index < -0.39 is 0 Å². The van der Waals surface area contributed by atoms with Gasteiger partial charge >= 0.3 is 0 Å². The van der Waals surface area contributed by atoms with Gasteiger partial charge in [0.15, 0.2) is 12.4 Å². The van der Waals surface area contributed by atoms with Crippen LogP contribution in [0.5, 0.6) is 5.75 Å². The van der Waals surface area contributed by atoms with Crippen molar-refractivity contribution in [2.75, 3.05) is 7.05 Å². The highest BCUT2D eigenvalue weighted by atomic mass is 79.9. The predicted molar refractivity (Wildman–Crippen MR) is 109 cm³/mol. The molecule has 0 spiro atoms. The van der Waals surface area contributed by atoms with Gasteiger partial charge in [0, 0.05) is 24.8 Å². The Balaban J connectivity index is 1.63. The number of carbonyl (C=O) groups is 1. The van der Waals surface area contributed by atoms with Gasteiger partial charge in [-0.1, -0.05) is 27.5 Å². The zero-order valence-electron chi connectivity index (χ0n) is 14.6. The quantitative estimate of drug-likeness (QED) is 0.494. The minimum Gasteiger partial charge on any atom is -0.470 e. The molecule has 142 valence electrons. The summed E-state index contributed by atoms with van der Waals surface area (Å²) in [5.74, 6) is 0.352. The van der Waals surface area contributed by atoms with Crippen molar-refractivity contribution in [2.24, 2.45) is 7.05 Å². The Bertz CT molecular complexity index is 953. The fourth-order valence-corrected chi connectivity index (χ4v) is 3.58. The van der Waals surface area contributed by atoms with Crippen molar-refractivity contribution in [3.63, 3.8) is 0 Å². The van der Waals surface area contributed by atoms with Crippen molar-refractivity contribution in [3.05, 3.63) is 62.0 Å². The Kier molecular flexibility index (Phi) is 6.23. The smallest absolute Gasteiger partial charge is 0.274 e. The first kappa shape index (κ1) is 19.9. The zero-order valence-corrected chi connectivity index (χ0v) is 18.5. The van der Waals surface area contributed by atoms with Crippen LogP contribution >= 0.6 is 43.5 Å². The van der Waals surface area contributed by atoms with Crippen LogP contribution in [-0.4, -0.2) is 37.4 Å². The molecule has 3 aromatic rings. The second-order valence-corrected chi connectivity index (χ2v) is 7.99. The second-order valence-electron chi connectivity index (χ2n) is 5.81. The highest BCUT2D eigenvalue weighted by molar-refractivity contribution is 9.10. The van der Waals surface area contributed by atoms with Crippen LogP contribution in [0.25, 0.3) is 0 Å². The highest BCUT2D eigenvalue weighted by Gasteiger charge is 2.18. The molecular weight excluding hydrogens is 501 g/mol. The lowest BCUT2D eigenvalue weighted by Gasteiger charge is -2.16. The molecule has 1 aromatic carbocycles. The van der Waals surface area contributed by atoms with E-state index in [-0.39, 0.29) is 12.6 Å². The van der Waals surface area contributed by atoms with Crippen LogP contribution < -0.4 is 4.74 Å². The molecule has 0 saturated heterocycles. The van der Waals surface area contributed by atoms with E-state index in [2.05, 4.69) is 42.1 Å². The fourth-order valence-electron chi connectivity index (χ4n) is 2.38. The largest absolute Gasteiger partial charge is 0.470 e. The summed E-state index contributed by atoms with van der Waals surface area (Å²) in [4.78, 5) is 14.2. The maximum absolute atomic E-state index is 12.6. The van der Waals surface area contributed by atoms with E-state index in [0.717, 1.165) is 14.6 Å². The van der Waals surface area contributed by atoms with Crippen molar-refractivity contribution in [1.29, 1.82) is 0 Å². The monoisotopic (exact) mass is 515 g/mol. The summed E-state index contributed by atoms with van der Waals surface area (Å²) >= 11 is 12.9. The molecule has 7 nitrogen and oxygen atoms in total. The third-order valence-electron chi connectivity index (χ3n) is 3.85. The van der Waals surface area contributed by atoms with Crippen LogP contribution in [0, 0.1) is 0 Å². The van der Waals surface area contributed by atoms with Gasteiger partial charge in [-0.15, -0.1) is 0 Å². The molecule has 2 heterocycles. The minimum absolute atomic E-state index is 0.144. The summed E-state index contributed by atoms with van der Waals surface area (Å²) in [6.07, 6.45) is 3.39. The van der Waals surface area contributed by atoms with Crippen LogP contribution in [0.3, 0.4) is 0 Å². The van der Waals surface area contributed by atoms with E-state index in [1.165, 1.54) is 0 Å². The summed E-state index contributed by atoms with van der Waals surface area (Å²) in [6.45, 7) is 0.555. The number of halogens is 3. The maximum Gasteiger partial charge on any atom is 0.274 e. The van der Waals surface area contributed by atoms with Gasteiger partial charge in [0.2, 0.25) is 0 Å². The lowest BCUT2D eigenvalue weighted by Crippen LogP contribution is -2.28. The van der Waals surface area contributed by atoms with Crippen LogP contribution in [0.15, 0.2) is 45.6 Å². The molecule has 0 aliphatic rings. The Hall–Kier alpha value is -1.84. The van der Waals surface area contributed by atoms with E-state index >= 15 is 0 Å². The summed E-state index contributed by atoms with van der Waals surface area (Å²) in [5, 5.41) is 8.93. The number of hydrogen-bond acceptors (Lipinski definition) is 4. The van der Waals surface area contributed by atoms with Crippen molar-refractivity contribution in [1.82, 2.24) is 24.5 Å². The van der Waals surface area contributed by atoms with Gasteiger partial charge in [0.25, 0.3) is 5.91 Å². The average molecular weight is 518 g/mol. The highest BCUT2D eigenvalue weighted by Crippen LogP contribution is 2.27. The molecule has 0 aliphatic carbocycles. The number of benzene rings is 1. The van der Waals surface area contributed by atoms with E-state index in [1.807, 2.05) is 13.1 Å². The van der Waals surface area contributed by atoms with Gasteiger partial charge in [-0.2, -0.15) is 10.2 Å². The van der Waals surface area contributed by atoms with Crippen molar-refractivity contribution in [3.8, 4) is 5.75 Å². The maximum atomic E-state index is 12.6. The molecule has 2 aromatic heterocycles. The number of rotatable bonds is 6. The number of amides is 1. The van der Waals surface area contributed by atoms with Crippen LogP contribution in [0.1, 0.15) is 16.2 Å². The Labute approximate surface area is 178 Å². The molecule has 0 bridgehead atoms. The summed E-state index contributed by atoms with van der Waals surface area (Å²) in [5.41, 5.74) is 1.24. The average Bonchev–Trinajstić information content (AvgIpc) is 3.22. The summed E-state index contributed by atoms with van der Waals surface area (Å²) < 4.78 is 10.6. The molecule has 27 heavy (non-hydrogen) atoms. The van der Waals surface area contributed by atoms with Gasteiger partial charge in [-0.3, -0.25) is 9.48 Å². The van der Waals surface area contributed by atoms with E-state index in [1.54, 1.807) is 51.9 Å². The van der Waals surface area contributed by atoms with Crippen LogP contribution in [0.2, 0.25) is 5.02 Å². The number of nitrogens with zero attached hydrogens (tertiary/aromatic N) is 5. The molecule has 0 saturated carbocycles. The zero-order chi connectivity index (χ0) is 19.6. The third kappa shape index (κ3) is 4.72. The number of hydrogen-bond donors (Lipinski definition) is 0. The number of ether oxygens (including phenoxy) is 1. The molecule has 3 rings (SSSR count). The summed E-state index contributed by atoms with van der Waals surface area (Å²) in [6, 6.07) is 7.01. The number of carbonyl (C=O) groups excluding carboxylic acids is 1. The normalized spacial score (nSPS) is 10.9. The number of aromatic nitrogens is 4. The lowest BCUT2D eigenvalue weighted by molar-refractivity contribution is 0.0773. The van der Waals surface area contributed by atoms with Crippen molar-refractivity contribution < 1.29 is 9.53 Å². The molecule has 1 amide bonds. The SMILES string of the molecule is CN(Cc1c(Br)cnn1C)C(=O)c1ccn(COc2ccc(Br)cc2Cl)n1. The Morgan fingerprint density at radius 2 is 2.11 bits per heavy atom. The van der Waals surface area contributed by atoms with Gasteiger partial charge in [0.05, 0.1) is 27.9 Å². The molecular formula is C17H16Br2ClN5O2. The Morgan fingerprint density at radius 3 is 2.78 bits per heavy atom. The summed E-state index contributed by atoms with van der Waals surface area (Å²) in [7, 11) is 3.55. The van der Waals surface area contributed by atoms with Crippen molar-refractivity contribution >= 4 is 49.4 Å². The van der Waals surface area contributed by atoms with Gasteiger partial charge < -0.3 is 9.64 Å². The third-order valence-corrected chi connectivity index (χ3v) is 5.30. The first-order valence-corrected chi connectivity index (χ1v) is 9.84. The van der Waals surface area contributed by atoms with Gasteiger partial charge in [-0.05, 0) is 40.2 Å². The predicted octanol–water partition coefficient (Wildman–Crippen LogP) is 4.10. The Morgan fingerprint density at radius 1 is 1.33 bits per heavy atom. The second kappa shape index (κ2) is 8.45. The van der Waals surface area contributed by atoms with Crippen LogP contribution in [-0.2, 0) is 20.3 Å². The molecule has 0 N–H and O–H groups in total.